The van der Waals surface area contributed by atoms with Gasteiger partial charge in [0.15, 0.2) is 0 Å². The van der Waals surface area contributed by atoms with Crippen LogP contribution in [-0.4, -0.2) is 42.5 Å². The number of nitrogens with one attached hydrogen (secondary N) is 1. The molecule has 0 aliphatic carbocycles. The average molecular weight is 227 g/mol. The van der Waals surface area contributed by atoms with E-state index in [0.29, 0.717) is 6.04 Å². The lowest BCUT2D eigenvalue weighted by Gasteiger charge is -2.31. The topological polar surface area (TPSA) is 58.4 Å². The molecular weight excluding hydrogens is 202 g/mol. The number of hydrogen-bond donors (Lipinski definition) is 2. The van der Waals surface area contributed by atoms with E-state index in [1.165, 1.54) is 6.42 Å². The van der Waals surface area contributed by atoms with Crippen LogP contribution in [0.25, 0.3) is 0 Å². The van der Waals surface area contributed by atoms with E-state index in [1.807, 2.05) is 4.90 Å². The van der Waals surface area contributed by atoms with Crippen LogP contribution in [0.4, 0.5) is 0 Å². The van der Waals surface area contributed by atoms with Crippen molar-refractivity contribution >= 4 is 5.91 Å². The zero-order valence-corrected chi connectivity index (χ0v) is 10.5. The highest BCUT2D eigenvalue weighted by Gasteiger charge is 2.33. The molecule has 1 atom stereocenters. The van der Waals surface area contributed by atoms with E-state index in [0.717, 1.165) is 38.9 Å². The number of amides is 1. The quantitative estimate of drug-likeness (QED) is 0.694. The molecule has 0 aromatic carbocycles. The van der Waals surface area contributed by atoms with Crippen LogP contribution in [0.15, 0.2) is 0 Å². The smallest absolute Gasteiger partial charge is 0.239 e. The summed E-state index contributed by atoms with van der Waals surface area (Å²) in [5.41, 5.74) is 5.67. The summed E-state index contributed by atoms with van der Waals surface area (Å²) in [5.74, 6) is 0.159. The van der Waals surface area contributed by atoms with Crippen LogP contribution in [0.5, 0.6) is 0 Å². The van der Waals surface area contributed by atoms with Crippen LogP contribution in [0, 0.1) is 0 Å². The molecule has 0 spiro atoms. The van der Waals surface area contributed by atoms with Crippen molar-refractivity contribution in [3.63, 3.8) is 0 Å². The van der Waals surface area contributed by atoms with Crippen LogP contribution < -0.4 is 11.1 Å². The van der Waals surface area contributed by atoms with Gasteiger partial charge < -0.3 is 16.0 Å². The predicted octanol–water partition coefficient (Wildman–Crippen LogP) is 0.714. The first-order valence-corrected chi connectivity index (χ1v) is 6.47. The first kappa shape index (κ1) is 13.5. The number of piperidine rings is 1. The Bertz CT molecular complexity index is 214. The summed E-state index contributed by atoms with van der Waals surface area (Å²) in [6.45, 7) is 7.18. The second-order valence-electron chi connectivity index (χ2n) is 4.62. The third kappa shape index (κ3) is 3.46. The van der Waals surface area contributed by atoms with Gasteiger partial charge in [-0.25, -0.2) is 0 Å². The average Bonchev–Trinajstić information content (AvgIpc) is 2.62. The lowest BCUT2D eigenvalue weighted by molar-refractivity contribution is -0.131. The fourth-order valence-corrected chi connectivity index (χ4v) is 2.21. The highest BCUT2D eigenvalue weighted by atomic mass is 16.2. The van der Waals surface area contributed by atoms with Gasteiger partial charge >= 0.3 is 0 Å². The Morgan fingerprint density at radius 1 is 1.31 bits per heavy atom. The number of nitrogens with two attached hydrogens (primary N) is 1. The van der Waals surface area contributed by atoms with Crippen LogP contribution in [-0.2, 0) is 4.79 Å². The normalized spacial score (nSPS) is 26.6. The van der Waals surface area contributed by atoms with Gasteiger partial charge in [-0.2, -0.15) is 0 Å². The summed E-state index contributed by atoms with van der Waals surface area (Å²) in [7, 11) is 0. The summed E-state index contributed by atoms with van der Waals surface area (Å²) >= 11 is 0. The van der Waals surface area contributed by atoms with Crippen LogP contribution in [0.2, 0.25) is 0 Å². The molecule has 2 aliphatic rings. The second-order valence-corrected chi connectivity index (χ2v) is 4.62. The number of carbonyl (C=O) groups is 1. The highest BCUT2D eigenvalue weighted by molar-refractivity contribution is 5.84. The molecule has 2 aliphatic heterocycles. The third-order valence-corrected chi connectivity index (χ3v) is 3.03. The van der Waals surface area contributed by atoms with Gasteiger partial charge in [-0.15, -0.1) is 0 Å². The van der Waals surface area contributed by atoms with Crippen molar-refractivity contribution < 1.29 is 4.79 Å². The number of hydrogen-bond acceptors (Lipinski definition) is 3. The molecule has 2 rings (SSSR count). The van der Waals surface area contributed by atoms with Gasteiger partial charge in [-0.05, 0) is 32.4 Å². The Morgan fingerprint density at radius 3 is 2.31 bits per heavy atom. The van der Waals surface area contributed by atoms with Crippen molar-refractivity contribution in [2.24, 2.45) is 5.73 Å². The number of carbonyl (C=O) groups excluding carboxylic acids is 1. The van der Waals surface area contributed by atoms with Crippen LogP contribution in [0.1, 0.15) is 39.5 Å². The maximum Gasteiger partial charge on any atom is 0.239 e. The van der Waals surface area contributed by atoms with Gasteiger partial charge in [0.05, 0.1) is 6.04 Å². The van der Waals surface area contributed by atoms with E-state index < -0.39 is 0 Å². The maximum absolute atomic E-state index is 11.6. The van der Waals surface area contributed by atoms with E-state index in [4.69, 9.17) is 5.73 Å². The molecule has 0 bridgehead atoms. The summed E-state index contributed by atoms with van der Waals surface area (Å²) < 4.78 is 0. The van der Waals surface area contributed by atoms with E-state index in [9.17, 15) is 4.79 Å². The summed E-state index contributed by atoms with van der Waals surface area (Å²) in [5, 5.41) is 3.30. The first-order valence-electron chi connectivity index (χ1n) is 6.47. The molecule has 3 N–H and O–H groups in total. The van der Waals surface area contributed by atoms with Gasteiger partial charge in [0.1, 0.15) is 0 Å². The molecule has 1 amide bonds. The molecule has 0 aromatic heterocycles. The minimum absolute atomic E-state index is 0.159. The van der Waals surface area contributed by atoms with Crippen molar-refractivity contribution in [3.05, 3.63) is 0 Å². The molecular formula is C12H25N3O. The maximum atomic E-state index is 11.6. The molecule has 2 saturated heterocycles. The van der Waals surface area contributed by atoms with Gasteiger partial charge in [0, 0.05) is 12.6 Å². The van der Waals surface area contributed by atoms with Crippen LogP contribution in [0.3, 0.4) is 0 Å². The van der Waals surface area contributed by atoms with Crippen LogP contribution >= 0.6 is 0 Å². The number of nitrogens with zero attached hydrogens (tertiary/aromatic N) is 1. The highest BCUT2D eigenvalue weighted by Crippen LogP contribution is 2.18. The molecule has 4 heteroatoms. The Labute approximate surface area is 98.6 Å². The standard InChI is InChI=1S/C9H17N3O.C3H8/c10-8-3-6-12(9(8)13)7-1-4-11-5-2-7;1-3-2/h7-8,11H,1-6,10H2;3H2,1-2H3. The van der Waals surface area contributed by atoms with Crippen molar-refractivity contribution in [1.82, 2.24) is 10.2 Å². The minimum Gasteiger partial charge on any atom is -0.338 e. The van der Waals surface area contributed by atoms with Gasteiger partial charge in [-0.3, -0.25) is 4.79 Å². The third-order valence-electron chi connectivity index (χ3n) is 3.03. The fraction of sp³-hybridized carbons (Fsp3) is 0.917. The fourth-order valence-electron chi connectivity index (χ4n) is 2.21. The SMILES string of the molecule is CCC.NC1CCN(C2CCNCC2)C1=O. The zero-order valence-electron chi connectivity index (χ0n) is 10.5. The Morgan fingerprint density at radius 2 is 1.88 bits per heavy atom. The summed E-state index contributed by atoms with van der Waals surface area (Å²) in [6, 6.07) is 0.220. The molecule has 94 valence electrons. The summed E-state index contributed by atoms with van der Waals surface area (Å²) in [6.07, 6.45) is 4.25. The van der Waals surface area contributed by atoms with Gasteiger partial charge in [0.25, 0.3) is 0 Å². The Hall–Kier alpha value is -0.610. The molecule has 2 heterocycles. The monoisotopic (exact) mass is 227 g/mol. The number of rotatable bonds is 1. The molecule has 0 saturated carbocycles. The van der Waals surface area contributed by atoms with Crippen molar-refractivity contribution in [2.45, 2.75) is 51.6 Å². The summed E-state index contributed by atoms with van der Waals surface area (Å²) in [4.78, 5) is 13.6. The zero-order chi connectivity index (χ0) is 12.0. The predicted molar refractivity (Wildman–Crippen MR) is 66.2 cm³/mol. The first-order chi connectivity index (χ1) is 7.70. The van der Waals surface area contributed by atoms with Gasteiger partial charge in [0.2, 0.25) is 5.91 Å². The lowest BCUT2D eigenvalue weighted by atomic mass is 10.1. The van der Waals surface area contributed by atoms with E-state index in [-0.39, 0.29) is 11.9 Å². The molecule has 1 unspecified atom stereocenters. The van der Waals surface area contributed by atoms with E-state index in [2.05, 4.69) is 19.2 Å². The Kier molecular flexibility index (Phi) is 5.77. The molecule has 0 aromatic rings. The number of likely N-dealkylation sites (tertiary alicyclic amines) is 1. The molecule has 16 heavy (non-hydrogen) atoms. The largest absolute Gasteiger partial charge is 0.338 e. The van der Waals surface area contributed by atoms with E-state index >= 15 is 0 Å². The second kappa shape index (κ2) is 6.86. The van der Waals surface area contributed by atoms with E-state index in [1.54, 1.807) is 0 Å². The lowest BCUT2D eigenvalue weighted by Crippen LogP contribution is -2.45. The molecule has 2 fully saturated rings. The minimum atomic E-state index is -0.227. The van der Waals surface area contributed by atoms with Crippen molar-refractivity contribution in [3.8, 4) is 0 Å². The Balaban J connectivity index is 0.000000386. The molecule has 0 radical (unpaired) electrons. The molecule has 4 nitrogen and oxygen atoms in total. The van der Waals surface area contributed by atoms with Crippen molar-refractivity contribution in [1.29, 1.82) is 0 Å². The van der Waals surface area contributed by atoms with Gasteiger partial charge in [-0.1, -0.05) is 20.3 Å². The van der Waals surface area contributed by atoms with Crippen molar-refractivity contribution in [2.75, 3.05) is 19.6 Å².